The predicted octanol–water partition coefficient (Wildman–Crippen LogP) is -1.48. The zero-order valence-electron chi connectivity index (χ0n) is 10.9. The Morgan fingerprint density at radius 3 is 1.10 bits per heavy atom. The Morgan fingerprint density at radius 2 is 0.952 bits per heavy atom. The standard InChI is InChI=1S/2C5H9NO4.Pd/c2*6-3(5(9)10)1-2-4(7)8;/h2*3H,1-2,6H2,(H,7,8)(H,9,10);. The maximum atomic E-state index is 9.99. The summed E-state index contributed by atoms with van der Waals surface area (Å²) in [6.07, 6.45) is -0.448. The predicted molar refractivity (Wildman–Crippen MR) is 65.0 cm³/mol. The summed E-state index contributed by atoms with van der Waals surface area (Å²) in [4.78, 5) is 39.7. The van der Waals surface area contributed by atoms with Crippen molar-refractivity contribution in [2.75, 3.05) is 0 Å². The Kier molecular flexibility index (Phi) is 15.7. The summed E-state index contributed by atoms with van der Waals surface area (Å²) in [5.74, 6) is -4.39. The number of aliphatic carboxylic acids is 4. The zero-order chi connectivity index (χ0) is 16.3. The summed E-state index contributed by atoms with van der Waals surface area (Å²) in [5.41, 5.74) is 10.0. The van der Waals surface area contributed by atoms with Gasteiger partial charge in [-0.2, -0.15) is 0 Å². The Labute approximate surface area is 133 Å². The van der Waals surface area contributed by atoms with E-state index in [1.165, 1.54) is 0 Å². The van der Waals surface area contributed by atoms with Gasteiger partial charge in [-0.15, -0.1) is 0 Å². The van der Waals surface area contributed by atoms with Crippen molar-refractivity contribution in [3.05, 3.63) is 0 Å². The van der Waals surface area contributed by atoms with Crippen LogP contribution in [0.1, 0.15) is 25.7 Å². The van der Waals surface area contributed by atoms with Gasteiger partial charge in [-0.05, 0) is 12.8 Å². The first kappa shape index (κ1) is 24.5. The number of carboxylic acids is 4. The molecular formula is C10H18N2O8Pd. The van der Waals surface area contributed by atoms with Crippen molar-refractivity contribution in [2.24, 2.45) is 11.5 Å². The third-order valence-corrected chi connectivity index (χ3v) is 1.97. The van der Waals surface area contributed by atoms with E-state index in [-0.39, 0.29) is 46.1 Å². The molecule has 10 nitrogen and oxygen atoms in total. The smallest absolute Gasteiger partial charge is 0.320 e. The fraction of sp³-hybridized carbons (Fsp3) is 0.600. The van der Waals surface area contributed by atoms with Crippen molar-refractivity contribution in [3.63, 3.8) is 0 Å². The van der Waals surface area contributed by atoms with Gasteiger partial charge in [0.1, 0.15) is 12.1 Å². The van der Waals surface area contributed by atoms with Crippen LogP contribution in [0, 0.1) is 0 Å². The van der Waals surface area contributed by atoms with Gasteiger partial charge in [0.25, 0.3) is 0 Å². The number of rotatable bonds is 8. The molecule has 0 aromatic heterocycles. The molecule has 0 aliphatic rings. The summed E-state index contributed by atoms with van der Waals surface area (Å²) in [5, 5.41) is 32.5. The molecule has 2 unspecified atom stereocenters. The van der Waals surface area contributed by atoms with Crippen LogP contribution in [0.25, 0.3) is 0 Å². The molecule has 21 heavy (non-hydrogen) atoms. The van der Waals surface area contributed by atoms with E-state index in [1.807, 2.05) is 0 Å². The van der Waals surface area contributed by atoms with Crippen molar-refractivity contribution < 1.29 is 60.0 Å². The molecule has 0 amide bonds. The Morgan fingerprint density at radius 1 is 0.714 bits per heavy atom. The molecule has 0 spiro atoms. The van der Waals surface area contributed by atoms with Gasteiger partial charge in [-0.1, -0.05) is 0 Å². The van der Waals surface area contributed by atoms with E-state index >= 15 is 0 Å². The molecule has 0 aliphatic heterocycles. The minimum Gasteiger partial charge on any atom is -0.481 e. The molecule has 0 aliphatic carbocycles. The average Bonchev–Trinajstić information content (AvgIpc) is 2.33. The Bertz CT molecular complexity index is 329. The van der Waals surface area contributed by atoms with Gasteiger partial charge in [-0.3, -0.25) is 19.2 Å². The number of carboxylic acid groups (broad SMARTS) is 4. The van der Waals surface area contributed by atoms with Gasteiger partial charge in [0.05, 0.1) is 0 Å². The van der Waals surface area contributed by atoms with Crippen molar-refractivity contribution in [2.45, 2.75) is 37.8 Å². The maximum absolute atomic E-state index is 9.99. The number of hydrogen-bond donors (Lipinski definition) is 6. The van der Waals surface area contributed by atoms with E-state index < -0.39 is 36.0 Å². The summed E-state index contributed by atoms with van der Waals surface area (Å²) in [6, 6.07) is -2.12. The molecule has 0 bridgehead atoms. The quantitative estimate of drug-likeness (QED) is 0.261. The zero-order valence-corrected chi connectivity index (χ0v) is 12.4. The van der Waals surface area contributed by atoms with Crippen molar-refractivity contribution in [1.82, 2.24) is 0 Å². The molecule has 8 N–H and O–H groups in total. The molecule has 0 heterocycles. The van der Waals surface area contributed by atoms with Crippen LogP contribution in [-0.2, 0) is 39.6 Å². The first-order chi connectivity index (χ1) is 9.07. The molecule has 0 aromatic rings. The third-order valence-electron chi connectivity index (χ3n) is 1.97. The summed E-state index contributed by atoms with van der Waals surface area (Å²) >= 11 is 0. The molecule has 0 saturated carbocycles. The molecule has 0 radical (unpaired) electrons. The molecule has 126 valence electrons. The summed E-state index contributed by atoms with van der Waals surface area (Å²) in [6.45, 7) is 0. The molecule has 0 rings (SSSR count). The SMILES string of the molecule is NC(CCC(=O)O)C(=O)O.NC(CCC(=O)O)C(=O)O.[Pd]. The van der Waals surface area contributed by atoms with Crippen molar-refractivity contribution in [1.29, 1.82) is 0 Å². The van der Waals surface area contributed by atoms with Crippen LogP contribution >= 0.6 is 0 Å². The minimum absolute atomic E-state index is 0. The molecule has 11 heteroatoms. The summed E-state index contributed by atoms with van der Waals surface area (Å²) in [7, 11) is 0. The Balaban J connectivity index is -0.000000295. The second-order valence-electron chi connectivity index (χ2n) is 3.75. The van der Waals surface area contributed by atoms with E-state index in [4.69, 9.17) is 31.9 Å². The van der Waals surface area contributed by atoms with Gasteiger partial charge in [0.15, 0.2) is 0 Å². The van der Waals surface area contributed by atoms with E-state index in [9.17, 15) is 19.2 Å². The van der Waals surface area contributed by atoms with Gasteiger partial charge >= 0.3 is 23.9 Å². The second kappa shape index (κ2) is 13.4. The molecule has 0 aromatic carbocycles. The average molecular weight is 401 g/mol. The van der Waals surface area contributed by atoms with Crippen LogP contribution < -0.4 is 11.5 Å². The topological polar surface area (TPSA) is 201 Å². The summed E-state index contributed by atoms with van der Waals surface area (Å²) < 4.78 is 0. The van der Waals surface area contributed by atoms with Crippen LogP contribution in [0.4, 0.5) is 0 Å². The fourth-order valence-electron chi connectivity index (χ4n) is 0.805. The first-order valence-electron chi connectivity index (χ1n) is 5.48. The van der Waals surface area contributed by atoms with E-state index in [2.05, 4.69) is 0 Å². The molecule has 2 atom stereocenters. The first-order valence-corrected chi connectivity index (χ1v) is 5.48. The van der Waals surface area contributed by atoms with Crippen LogP contribution in [0.3, 0.4) is 0 Å². The largest absolute Gasteiger partial charge is 0.481 e. The normalized spacial score (nSPS) is 11.9. The molecule has 0 saturated heterocycles. The van der Waals surface area contributed by atoms with Crippen molar-refractivity contribution >= 4 is 23.9 Å². The van der Waals surface area contributed by atoms with Crippen LogP contribution in [0.2, 0.25) is 0 Å². The molecular weight excluding hydrogens is 383 g/mol. The van der Waals surface area contributed by atoms with Gasteiger partial charge in [-0.25, -0.2) is 0 Å². The third kappa shape index (κ3) is 18.5. The van der Waals surface area contributed by atoms with E-state index in [0.717, 1.165) is 0 Å². The molecule has 0 fully saturated rings. The van der Waals surface area contributed by atoms with Crippen LogP contribution in [0.15, 0.2) is 0 Å². The minimum atomic E-state index is -1.17. The van der Waals surface area contributed by atoms with Crippen LogP contribution in [0.5, 0.6) is 0 Å². The van der Waals surface area contributed by atoms with Gasteiger partial charge < -0.3 is 31.9 Å². The maximum Gasteiger partial charge on any atom is 0.320 e. The number of carbonyl (C=O) groups is 4. The van der Waals surface area contributed by atoms with Crippen LogP contribution in [-0.4, -0.2) is 56.4 Å². The van der Waals surface area contributed by atoms with Gasteiger partial charge in [0, 0.05) is 33.3 Å². The van der Waals surface area contributed by atoms with Crippen molar-refractivity contribution in [3.8, 4) is 0 Å². The number of hydrogen-bond acceptors (Lipinski definition) is 6. The van der Waals surface area contributed by atoms with Gasteiger partial charge in [0.2, 0.25) is 0 Å². The Hall–Kier alpha value is -1.54. The fourth-order valence-corrected chi connectivity index (χ4v) is 0.805. The monoisotopic (exact) mass is 400 g/mol. The van der Waals surface area contributed by atoms with E-state index in [0.29, 0.717) is 0 Å². The van der Waals surface area contributed by atoms with E-state index in [1.54, 1.807) is 0 Å². The number of nitrogens with two attached hydrogens (primary N) is 2. The second-order valence-corrected chi connectivity index (χ2v) is 3.75.